The van der Waals surface area contributed by atoms with Crippen molar-refractivity contribution in [1.29, 1.82) is 0 Å². The van der Waals surface area contributed by atoms with E-state index in [1.165, 1.54) is 40.8 Å². The third-order valence-electron chi connectivity index (χ3n) is 4.02. The van der Waals surface area contributed by atoms with E-state index in [4.69, 9.17) is 34.8 Å². The van der Waals surface area contributed by atoms with Crippen LogP contribution in [-0.2, 0) is 10.0 Å². The molecule has 1 fully saturated rings. The number of piperazine rings is 1. The van der Waals surface area contributed by atoms with Crippen LogP contribution in [0.3, 0.4) is 0 Å². The van der Waals surface area contributed by atoms with Crippen molar-refractivity contribution in [2.75, 3.05) is 26.2 Å². The SMILES string of the molecule is O=C(c1cnc(Cl)c(Cl)c1)N1CCN(S(=O)(=O)c2ccc(Cl)cc2)CC1. The van der Waals surface area contributed by atoms with Gasteiger partial charge in [0.05, 0.1) is 15.5 Å². The Morgan fingerprint density at radius 2 is 1.62 bits per heavy atom. The molecule has 0 radical (unpaired) electrons. The van der Waals surface area contributed by atoms with Crippen LogP contribution in [0.1, 0.15) is 10.4 Å². The maximum absolute atomic E-state index is 12.7. The summed E-state index contributed by atoms with van der Waals surface area (Å²) < 4.78 is 26.7. The second-order valence-electron chi connectivity index (χ2n) is 5.65. The van der Waals surface area contributed by atoms with Crippen molar-refractivity contribution in [3.63, 3.8) is 0 Å². The Morgan fingerprint density at radius 1 is 1.00 bits per heavy atom. The van der Waals surface area contributed by atoms with E-state index < -0.39 is 10.0 Å². The number of pyridine rings is 1. The minimum absolute atomic E-state index is 0.127. The molecule has 0 spiro atoms. The van der Waals surface area contributed by atoms with E-state index in [0.29, 0.717) is 10.6 Å². The highest BCUT2D eigenvalue weighted by Crippen LogP contribution is 2.22. The third-order valence-corrected chi connectivity index (χ3v) is 6.87. The summed E-state index contributed by atoms with van der Waals surface area (Å²) in [7, 11) is -3.62. The first-order valence-electron chi connectivity index (χ1n) is 7.65. The average molecular weight is 435 g/mol. The molecule has 3 rings (SSSR count). The molecule has 1 aromatic carbocycles. The molecule has 0 bridgehead atoms. The Morgan fingerprint density at radius 3 is 2.19 bits per heavy atom. The van der Waals surface area contributed by atoms with Gasteiger partial charge in [0.25, 0.3) is 5.91 Å². The molecule has 1 aromatic heterocycles. The van der Waals surface area contributed by atoms with Gasteiger partial charge in [-0.1, -0.05) is 34.8 Å². The lowest BCUT2D eigenvalue weighted by Crippen LogP contribution is -2.50. The largest absolute Gasteiger partial charge is 0.336 e. The number of hydrogen-bond donors (Lipinski definition) is 0. The molecule has 0 N–H and O–H groups in total. The number of carbonyl (C=O) groups is 1. The van der Waals surface area contributed by atoms with Gasteiger partial charge in [-0.2, -0.15) is 4.31 Å². The second-order valence-corrected chi connectivity index (χ2v) is 8.79. The van der Waals surface area contributed by atoms with Crippen LogP contribution >= 0.6 is 34.8 Å². The predicted octanol–water partition coefficient (Wildman–Crippen LogP) is 3.19. The molecule has 2 aromatic rings. The number of aromatic nitrogens is 1. The number of benzene rings is 1. The highest BCUT2D eigenvalue weighted by molar-refractivity contribution is 7.89. The normalized spacial score (nSPS) is 15.9. The summed E-state index contributed by atoms with van der Waals surface area (Å²) in [6, 6.07) is 7.46. The molecule has 0 aliphatic carbocycles. The zero-order valence-corrected chi connectivity index (χ0v) is 16.5. The van der Waals surface area contributed by atoms with E-state index in [1.807, 2.05) is 0 Å². The minimum Gasteiger partial charge on any atom is -0.336 e. The zero-order chi connectivity index (χ0) is 18.9. The second kappa shape index (κ2) is 7.70. The molecular formula is C16H14Cl3N3O3S. The summed E-state index contributed by atoms with van der Waals surface area (Å²) in [5, 5.41) is 0.790. The monoisotopic (exact) mass is 433 g/mol. The Kier molecular flexibility index (Phi) is 5.74. The summed E-state index contributed by atoms with van der Waals surface area (Å²) in [6.45, 7) is 0.939. The van der Waals surface area contributed by atoms with Gasteiger partial charge < -0.3 is 4.90 Å². The summed E-state index contributed by atoms with van der Waals surface area (Å²) in [4.78, 5) is 18.1. The molecule has 1 amide bonds. The predicted molar refractivity (Wildman–Crippen MR) is 100 cm³/mol. The fourth-order valence-electron chi connectivity index (χ4n) is 2.61. The van der Waals surface area contributed by atoms with Crippen molar-refractivity contribution in [2.45, 2.75) is 4.90 Å². The fourth-order valence-corrected chi connectivity index (χ4v) is 4.43. The van der Waals surface area contributed by atoms with Gasteiger partial charge in [-0.15, -0.1) is 0 Å². The molecule has 0 unspecified atom stereocenters. The highest BCUT2D eigenvalue weighted by atomic mass is 35.5. The molecule has 138 valence electrons. The molecule has 1 aliphatic rings. The van der Waals surface area contributed by atoms with Crippen LogP contribution in [0.2, 0.25) is 15.2 Å². The van der Waals surface area contributed by atoms with Gasteiger partial charge in [-0.3, -0.25) is 4.79 Å². The van der Waals surface area contributed by atoms with Crippen LogP contribution in [0.25, 0.3) is 0 Å². The summed E-state index contributed by atoms with van der Waals surface area (Å²) >= 11 is 17.5. The molecule has 1 saturated heterocycles. The minimum atomic E-state index is -3.62. The van der Waals surface area contributed by atoms with Gasteiger partial charge in [0, 0.05) is 37.4 Å². The van der Waals surface area contributed by atoms with Crippen molar-refractivity contribution in [2.24, 2.45) is 0 Å². The van der Waals surface area contributed by atoms with Gasteiger partial charge in [0.15, 0.2) is 0 Å². The first kappa shape index (κ1) is 19.4. The third kappa shape index (κ3) is 3.97. The lowest BCUT2D eigenvalue weighted by molar-refractivity contribution is 0.0697. The lowest BCUT2D eigenvalue weighted by atomic mass is 10.2. The van der Waals surface area contributed by atoms with Crippen molar-refractivity contribution in [3.8, 4) is 0 Å². The Labute approximate surface area is 166 Å². The van der Waals surface area contributed by atoms with Gasteiger partial charge >= 0.3 is 0 Å². The van der Waals surface area contributed by atoms with E-state index in [9.17, 15) is 13.2 Å². The van der Waals surface area contributed by atoms with E-state index in [1.54, 1.807) is 4.90 Å². The molecule has 0 atom stereocenters. The number of halogens is 3. The average Bonchev–Trinajstić information content (AvgIpc) is 2.64. The first-order valence-corrected chi connectivity index (χ1v) is 10.2. The lowest BCUT2D eigenvalue weighted by Gasteiger charge is -2.34. The van der Waals surface area contributed by atoms with Gasteiger partial charge in [0.1, 0.15) is 5.15 Å². The summed E-state index contributed by atoms with van der Waals surface area (Å²) in [6.07, 6.45) is 1.35. The number of amides is 1. The summed E-state index contributed by atoms with van der Waals surface area (Å²) in [5.74, 6) is -0.264. The Bertz CT molecular complexity index is 928. The van der Waals surface area contributed by atoms with Crippen LogP contribution < -0.4 is 0 Å². The van der Waals surface area contributed by atoms with E-state index in [-0.39, 0.29) is 47.2 Å². The Hall–Kier alpha value is -1.38. The maximum atomic E-state index is 12.7. The fraction of sp³-hybridized carbons (Fsp3) is 0.250. The van der Waals surface area contributed by atoms with Crippen molar-refractivity contribution < 1.29 is 13.2 Å². The standard InChI is InChI=1S/C16H14Cl3N3O3S/c17-12-1-3-13(4-2-12)26(24,25)22-7-5-21(6-8-22)16(23)11-9-14(18)15(19)20-10-11/h1-4,9-10H,5-8H2. The number of hydrogen-bond acceptors (Lipinski definition) is 4. The van der Waals surface area contributed by atoms with Crippen molar-refractivity contribution >= 4 is 50.7 Å². The molecule has 26 heavy (non-hydrogen) atoms. The number of nitrogens with zero attached hydrogens (tertiary/aromatic N) is 3. The van der Waals surface area contributed by atoms with E-state index >= 15 is 0 Å². The molecule has 6 nitrogen and oxygen atoms in total. The molecular weight excluding hydrogens is 421 g/mol. The van der Waals surface area contributed by atoms with Crippen LogP contribution in [0.4, 0.5) is 0 Å². The molecule has 0 saturated carbocycles. The van der Waals surface area contributed by atoms with Crippen LogP contribution in [0.5, 0.6) is 0 Å². The smallest absolute Gasteiger partial charge is 0.255 e. The van der Waals surface area contributed by atoms with Crippen molar-refractivity contribution in [1.82, 2.24) is 14.2 Å². The van der Waals surface area contributed by atoms with Gasteiger partial charge in [-0.25, -0.2) is 13.4 Å². The first-order chi connectivity index (χ1) is 12.3. The highest BCUT2D eigenvalue weighted by Gasteiger charge is 2.30. The van der Waals surface area contributed by atoms with Gasteiger partial charge in [0.2, 0.25) is 10.0 Å². The topological polar surface area (TPSA) is 70.6 Å². The zero-order valence-electron chi connectivity index (χ0n) is 13.4. The van der Waals surface area contributed by atoms with Crippen LogP contribution in [0.15, 0.2) is 41.4 Å². The van der Waals surface area contributed by atoms with E-state index in [2.05, 4.69) is 4.98 Å². The quantitative estimate of drug-likeness (QED) is 0.696. The number of rotatable bonds is 3. The van der Waals surface area contributed by atoms with Crippen LogP contribution in [-0.4, -0.2) is 54.7 Å². The molecule has 2 heterocycles. The molecule has 1 aliphatic heterocycles. The Balaban J connectivity index is 1.69. The molecule has 10 heteroatoms. The van der Waals surface area contributed by atoms with Gasteiger partial charge in [-0.05, 0) is 30.3 Å². The van der Waals surface area contributed by atoms with Crippen LogP contribution in [0, 0.1) is 0 Å². The van der Waals surface area contributed by atoms with E-state index in [0.717, 1.165) is 0 Å². The number of sulfonamides is 1. The van der Waals surface area contributed by atoms with Crippen molar-refractivity contribution in [3.05, 3.63) is 57.3 Å². The number of carbonyl (C=O) groups excluding carboxylic acids is 1. The summed E-state index contributed by atoms with van der Waals surface area (Å²) in [5.41, 5.74) is 0.313. The maximum Gasteiger partial charge on any atom is 0.255 e.